The van der Waals surface area contributed by atoms with E-state index in [4.69, 9.17) is 0 Å². The van der Waals surface area contributed by atoms with E-state index in [-0.39, 0.29) is 12.6 Å². The lowest BCUT2D eigenvalue weighted by Crippen LogP contribution is -2.44. The lowest BCUT2D eigenvalue weighted by molar-refractivity contribution is -0.137. The summed E-state index contributed by atoms with van der Waals surface area (Å²) in [6.07, 6.45) is -4.38. The molecule has 0 heterocycles. The summed E-state index contributed by atoms with van der Waals surface area (Å²) in [5.41, 5.74) is -0.281. The minimum atomic E-state index is -4.38. The number of benzene rings is 1. The zero-order valence-electron chi connectivity index (χ0n) is 14.7. The van der Waals surface area contributed by atoms with Crippen LogP contribution in [0, 0.1) is 5.92 Å². The van der Waals surface area contributed by atoms with Gasteiger partial charge in [0.1, 0.15) is 0 Å². The first-order chi connectivity index (χ1) is 11.1. The number of urea groups is 1. The molecule has 7 heteroatoms. The van der Waals surface area contributed by atoms with E-state index < -0.39 is 11.7 Å². The van der Waals surface area contributed by atoms with Gasteiger partial charge in [-0.2, -0.15) is 13.2 Å². The molecule has 0 saturated carbocycles. The van der Waals surface area contributed by atoms with Crippen molar-refractivity contribution in [3.05, 3.63) is 35.4 Å². The van der Waals surface area contributed by atoms with E-state index in [1.54, 1.807) is 11.0 Å². The molecular formula is C17H26F3N3O. The van der Waals surface area contributed by atoms with Crippen molar-refractivity contribution >= 4 is 6.03 Å². The molecule has 0 fully saturated rings. The first kappa shape index (κ1) is 20.3. The Labute approximate surface area is 141 Å². The van der Waals surface area contributed by atoms with Crippen LogP contribution in [0.25, 0.3) is 0 Å². The van der Waals surface area contributed by atoms with Gasteiger partial charge in [0.05, 0.1) is 5.56 Å². The van der Waals surface area contributed by atoms with Gasteiger partial charge in [0, 0.05) is 26.2 Å². The number of nitrogens with zero attached hydrogens (tertiary/aromatic N) is 2. The Kier molecular flexibility index (Phi) is 7.54. The number of hydrogen-bond donors (Lipinski definition) is 1. The highest BCUT2D eigenvalue weighted by Gasteiger charge is 2.30. The highest BCUT2D eigenvalue weighted by molar-refractivity contribution is 5.74. The molecule has 136 valence electrons. The van der Waals surface area contributed by atoms with Crippen LogP contribution in [0.1, 0.15) is 25.0 Å². The Bertz CT molecular complexity index is 530. The van der Waals surface area contributed by atoms with Crippen molar-refractivity contribution in [2.75, 3.05) is 33.7 Å². The van der Waals surface area contributed by atoms with Crippen molar-refractivity contribution in [1.82, 2.24) is 15.1 Å². The molecule has 0 aromatic heterocycles. The predicted octanol–water partition coefficient (Wildman–Crippen LogP) is 3.43. The van der Waals surface area contributed by atoms with Crippen molar-refractivity contribution in [2.45, 2.75) is 26.6 Å². The van der Waals surface area contributed by atoms with Crippen molar-refractivity contribution < 1.29 is 18.0 Å². The highest BCUT2D eigenvalue weighted by atomic mass is 19.4. The molecule has 1 aromatic carbocycles. The normalized spacial score (nSPS) is 11.9. The van der Waals surface area contributed by atoms with Gasteiger partial charge in [-0.05, 0) is 37.7 Å². The minimum Gasteiger partial charge on any atom is -0.334 e. The van der Waals surface area contributed by atoms with Crippen molar-refractivity contribution in [3.8, 4) is 0 Å². The fourth-order valence-electron chi connectivity index (χ4n) is 2.18. The summed E-state index contributed by atoms with van der Waals surface area (Å²) in [5, 5.41) is 2.71. The van der Waals surface area contributed by atoms with Crippen LogP contribution in [0.3, 0.4) is 0 Å². The first-order valence-electron chi connectivity index (χ1n) is 7.93. The quantitative estimate of drug-likeness (QED) is 0.822. The number of carbonyl (C=O) groups is 1. The number of likely N-dealkylation sites (N-methyl/N-ethyl adjacent to an activating group) is 1. The summed E-state index contributed by atoms with van der Waals surface area (Å²) < 4.78 is 38.1. The molecule has 0 saturated heterocycles. The Hall–Kier alpha value is -1.76. The van der Waals surface area contributed by atoms with Gasteiger partial charge in [-0.25, -0.2) is 4.79 Å². The molecule has 1 rings (SSSR count). The van der Waals surface area contributed by atoms with Gasteiger partial charge in [-0.3, -0.25) is 0 Å². The summed E-state index contributed by atoms with van der Waals surface area (Å²) in [5.74, 6) is 0.312. The van der Waals surface area contributed by atoms with Crippen LogP contribution in [0.4, 0.5) is 18.0 Å². The van der Waals surface area contributed by atoms with Crippen LogP contribution >= 0.6 is 0 Å². The molecule has 0 aliphatic carbocycles. The van der Waals surface area contributed by atoms with Crippen LogP contribution in [-0.4, -0.2) is 49.6 Å². The fraction of sp³-hybridized carbons (Fsp3) is 0.588. The summed E-state index contributed by atoms with van der Waals surface area (Å²) in [4.78, 5) is 16.0. The number of alkyl halides is 3. The molecule has 0 aliphatic rings. The third-order valence-corrected chi connectivity index (χ3v) is 3.39. The van der Waals surface area contributed by atoms with Crippen molar-refractivity contribution in [3.63, 3.8) is 0 Å². The summed E-state index contributed by atoms with van der Waals surface area (Å²) in [6.45, 7) is 6.00. The third kappa shape index (κ3) is 7.21. The Morgan fingerprint density at radius 1 is 1.21 bits per heavy atom. The number of hydrogen-bond acceptors (Lipinski definition) is 2. The van der Waals surface area contributed by atoms with E-state index in [2.05, 4.69) is 5.32 Å². The van der Waals surface area contributed by atoms with E-state index in [0.29, 0.717) is 24.6 Å². The number of halogens is 3. The molecule has 4 nitrogen and oxygen atoms in total. The van der Waals surface area contributed by atoms with Gasteiger partial charge in [-0.1, -0.05) is 26.0 Å². The molecule has 0 atom stereocenters. The molecule has 2 amide bonds. The molecule has 0 spiro atoms. The Morgan fingerprint density at radius 3 is 2.42 bits per heavy atom. The van der Waals surface area contributed by atoms with E-state index in [1.165, 1.54) is 6.07 Å². The molecule has 24 heavy (non-hydrogen) atoms. The third-order valence-electron chi connectivity index (χ3n) is 3.39. The SMILES string of the molecule is CC(C)CN(CCN(C)C)C(=O)NCc1cccc(C(F)(F)F)c1. The number of carbonyl (C=O) groups excluding carboxylic acids is 1. The second kappa shape index (κ2) is 8.92. The Balaban J connectivity index is 2.67. The van der Waals surface area contributed by atoms with Gasteiger partial charge >= 0.3 is 12.2 Å². The zero-order valence-corrected chi connectivity index (χ0v) is 14.7. The van der Waals surface area contributed by atoms with Gasteiger partial charge < -0.3 is 15.1 Å². The number of rotatable bonds is 7. The molecule has 0 radical (unpaired) electrons. The van der Waals surface area contributed by atoms with Gasteiger partial charge in [-0.15, -0.1) is 0 Å². The molecular weight excluding hydrogens is 319 g/mol. The maximum atomic E-state index is 12.7. The van der Waals surface area contributed by atoms with Crippen LogP contribution in [0.5, 0.6) is 0 Å². The van der Waals surface area contributed by atoms with Crippen LogP contribution < -0.4 is 5.32 Å². The Morgan fingerprint density at radius 2 is 1.88 bits per heavy atom. The van der Waals surface area contributed by atoms with Crippen LogP contribution in [-0.2, 0) is 12.7 Å². The largest absolute Gasteiger partial charge is 0.416 e. The monoisotopic (exact) mass is 345 g/mol. The second-order valence-corrected chi connectivity index (χ2v) is 6.50. The van der Waals surface area contributed by atoms with Crippen LogP contribution in [0.15, 0.2) is 24.3 Å². The topological polar surface area (TPSA) is 35.6 Å². The number of amides is 2. The molecule has 0 unspecified atom stereocenters. The predicted molar refractivity (Wildman–Crippen MR) is 88.6 cm³/mol. The maximum Gasteiger partial charge on any atom is 0.416 e. The smallest absolute Gasteiger partial charge is 0.334 e. The summed E-state index contributed by atoms with van der Waals surface area (Å²) in [7, 11) is 3.85. The lowest BCUT2D eigenvalue weighted by Gasteiger charge is -2.26. The minimum absolute atomic E-state index is 0.0688. The average Bonchev–Trinajstić information content (AvgIpc) is 2.48. The van der Waals surface area contributed by atoms with Gasteiger partial charge in [0.2, 0.25) is 0 Å². The van der Waals surface area contributed by atoms with E-state index in [1.807, 2.05) is 32.8 Å². The summed E-state index contributed by atoms with van der Waals surface area (Å²) >= 11 is 0. The van der Waals surface area contributed by atoms with Gasteiger partial charge in [0.25, 0.3) is 0 Å². The van der Waals surface area contributed by atoms with E-state index in [9.17, 15) is 18.0 Å². The molecule has 1 aromatic rings. The average molecular weight is 345 g/mol. The van der Waals surface area contributed by atoms with Crippen LogP contribution in [0.2, 0.25) is 0 Å². The van der Waals surface area contributed by atoms with Crippen molar-refractivity contribution in [1.29, 1.82) is 0 Å². The summed E-state index contributed by atoms with van der Waals surface area (Å²) in [6, 6.07) is 4.74. The second-order valence-electron chi connectivity index (χ2n) is 6.50. The molecule has 0 bridgehead atoms. The number of nitrogens with one attached hydrogen (secondary N) is 1. The molecule has 1 N–H and O–H groups in total. The lowest BCUT2D eigenvalue weighted by atomic mass is 10.1. The zero-order chi connectivity index (χ0) is 18.3. The first-order valence-corrected chi connectivity index (χ1v) is 7.93. The van der Waals surface area contributed by atoms with Gasteiger partial charge in [0.15, 0.2) is 0 Å². The fourth-order valence-corrected chi connectivity index (χ4v) is 2.18. The highest BCUT2D eigenvalue weighted by Crippen LogP contribution is 2.29. The standard InChI is InChI=1S/C17H26F3N3O/c1-13(2)12-23(9-8-22(3)4)16(24)21-11-14-6-5-7-15(10-14)17(18,19)20/h5-7,10,13H,8-9,11-12H2,1-4H3,(H,21,24). The van der Waals surface area contributed by atoms with E-state index >= 15 is 0 Å². The maximum absolute atomic E-state index is 12.7. The molecule has 0 aliphatic heterocycles. The van der Waals surface area contributed by atoms with E-state index in [0.717, 1.165) is 18.7 Å². The van der Waals surface area contributed by atoms with Crippen molar-refractivity contribution in [2.24, 2.45) is 5.92 Å².